The van der Waals surface area contributed by atoms with E-state index in [2.05, 4.69) is 0 Å². The molecule has 1 aliphatic heterocycles. The third-order valence-corrected chi connectivity index (χ3v) is 4.02. The van der Waals surface area contributed by atoms with E-state index in [1.165, 1.54) is 21.3 Å². The zero-order valence-corrected chi connectivity index (χ0v) is 15.0. The first-order chi connectivity index (χ1) is 12.0. The van der Waals surface area contributed by atoms with Crippen LogP contribution in [0.1, 0.15) is 17.3 Å². The Kier molecular flexibility index (Phi) is 6.32. The fraction of sp³-hybridized carbons (Fsp3) is 0.529. The van der Waals surface area contributed by atoms with E-state index in [4.69, 9.17) is 18.9 Å². The van der Waals surface area contributed by atoms with E-state index < -0.39 is 0 Å². The Balaban J connectivity index is 2.17. The lowest BCUT2D eigenvalue weighted by molar-refractivity contribution is 0.0565. The lowest BCUT2D eigenvalue weighted by Gasteiger charge is -2.34. The van der Waals surface area contributed by atoms with Crippen molar-refractivity contribution in [3.05, 3.63) is 17.7 Å². The van der Waals surface area contributed by atoms with E-state index in [0.29, 0.717) is 55.6 Å². The highest BCUT2D eigenvalue weighted by Gasteiger charge is 2.29. The Hall–Kier alpha value is -2.64. The lowest BCUT2D eigenvalue weighted by atomic mass is 10.1. The summed E-state index contributed by atoms with van der Waals surface area (Å²) in [4.78, 5) is 28.0. The quantitative estimate of drug-likeness (QED) is 0.801. The summed E-state index contributed by atoms with van der Waals surface area (Å²) in [6.45, 7) is 3.76. The molecule has 8 heteroatoms. The maximum Gasteiger partial charge on any atom is 0.409 e. The highest BCUT2D eigenvalue weighted by atomic mass is 16.6. The molecule has 1 aromatic carbocycles. The van der Waals surface area contributed by atoms with Crippen LogP contribution in [0.15, 0.2) is 12.1 Å². The summed E-state index contributed by atoms with van der Waals surface area (Å²) >= 11 is 0. The Morgan fingerprint density at radius 3 is 1.88 bits per heavy atom. The number of hydrogen-bond acceptors (Lipinski definition) is 6. The molecule has 138 valence electrons. The van der Waals surface area contributed by atoms with Gasteiger partial charge < -0.3 is 28.7 Å². The second-order valence-corrected chi connectivity index (χ2v) is 5.39. The topological polar surface area (TPSA) is 77.5 Å². The summed E-state index contributed by atoms with van der Waals surface area (Å²) in [5, 5.41) is 0. The van der Waals surface area contributed by atoms with Crippen molar-refractivity contribution in [1.82, 2.24) is 9.80 Å². The summed E-state index contributed by atoms with van der Waals surface area (Å²) in [6.07, 6.45) is -0.353. The van der Waals surface area contributed by atoms with Gasteiger partial charge in [0, 0.05) is 38.3 Å². The number of benzene rings is 1. The average molecular weight is 352 g/mol. The molecule has 0 bridgehead atoms. The highest BCUT2D eigenvalue weighted by Crippen LogP contribution is 2.35. The Morgan fingerprint density at radius 2 is 1.44 bits per heavy atom. The SMILES string of the molecule is CCOC(=O)N1CCN(C(=O)c2c(OC)cc(OC)cc2OC)CC1. The van der Waals surface area contributed by atoms with Crippen molar-refractivity contribution in [2.45, 2.75) is 6.92 Å². The molecule has 1 aromatic rings. The molecule has 0 N–H and O–H groups in total. The molecule has 25 heavy (non-hydrogen) atoms. The van der Waals surface area contributed by atoms with E-state index in [-0.39, 0.29) is 12.0 Å². The maximum absolute atomic E-state index is 13.0. The molecular weight excluding hydrogens is 328 g/mol. The van der Waals surface area contributed by atoms with Gasteiger partial charge in [0.1, 0.15) is 22.8 Å². The average Bonchev–Trinajstić information content (AvgIpc) is 2.66. The van der Waals surface area contributed by atoms with Crippen molar-refractivity contribution < 1.29 is 28.5 Å². The number of methoxy groups -OCH3 is 3. The molecule has 1 saturated heterocycles. The summed E-state index contributed by atoms with van der Waals surface area (Å²) in [7, 11) is 4.51. The largest absolute Gasteiger partial charge is 0.496 e. The molecule has 0 aromatic heterocycles. The third-order valence-electron chi connectivity index (χ3n) is 4.02. The minimum absolute atomic E-state index is 0.208. The monoisotopic (exact) mass is 352 g/mol. The van der Waals surface area contributed by atoms with Gasteiger partial charge in [0.15, 0.2) is 0 Å². The summed E-state index contributed by atoms with van der Waals surface area (Å²) in [5.41, 5.74) is 0.343. The van der Waals surface area contributed by atoms with E-state index in [1.807, 2.05) is 0 Å². The maximum atomic E-state index is 13.0. The number of carbonyl (C=O) groups is 2. The van der Waals surface area contributed by atoms with Crippen LogP contribution in [0, 0.1) is 0 Å². The Bertz CT molecular complexity index is 601. The Labute approximate surface area is 147 Å². The molecule has 0 unspecified atom stereocenters. The predicted octanol–water partition coefficient (Wildman–Crippen LogP) is 1.63. The van der Waals surface area contributed by atoms with E-state index in [9.17, 15) is 9.59 Å². The van der Waals surface area contributed by atoms with E-state index in [1.54, 1.807) is 28.9 Å². The number of ether oxygens (including phenoxy) is 4. The lowest BCUT2D eigenvalue weighted by Crippen LogP contribution is -2.50. The van der Waals surface area contributed by atoms with Gasteiger partial charge in [-0.3, -0.25) is 4.79 Å². The van der Waals surface area contributed by atoms with Crippen molar-refractivity contribution in [1.29, 1.82) is 0 Å². The first-order valence-electron chi connectivity index (χ1n) is 8.06. The van der Waals surface area contributed by atoms with E-state index in [0.717, 1.165) is 0 Å². The zero-order chi connectivity index (χ0) is 18.4. The van der Waals surface area contributed by atoms with Crippen molar-refractivity contribution in [2.75, 3.05) is 54.1 Å². The summed E-state index contributed by atoms with van der Waals surface area (Å²) in [5.74, 6) is 1.10. The van der Waals surface area contributed by atoms with Crippen molar-refractivity contribution in [3.63, 3.8) is 0 Å². The molecule has 1 aliphatic rings. The molecule has 0 spiro atoms. The molecule has 0 atom stereocenters. The zero-order valence-electron chi connectivity index (χ0n) is 15.0. The van der Waals surface area contributed by atoms with Gasteiger partial charge in [0.05, 0.1) is 27.9 Å². The molecule has 1 fully saturated rings. The van der Waals surface area contributed by atoms with Gasteiger partial charge in [-0.05, 0) is 6.92 Å². The molecule has 2 amide bonds. The van der Waals surface area contributed by atoms with Gasteiger partial charge in [-0.25, -0.2) is 4.79 Å². The molecule has 2 rings (SSSR count). The highest BCUT2D eigenvalue weighted by molar-refractivity contribution is 6.00. The predicted molar refractivity (Wildman–Crippen MR) is 90.6 cm³/mol. The number of hydrogen-bond donors (Lipinski definition) is 0. The van der Waals surface area contributed by atoms with Gasteiger partial charge in [-0.1, -0.05) is 0 Å². The van der Waals surface area contributed by atoms with Crippen molar-refractivity contribution in [3.8, 4) is 17.2 Å². The Morgan fingerprint density at radius 1 is 0.920 bits per heavy atom. The van der Waals surface area contributed by atoms with Gasteiger partial charge >= 0.3 is 6.09 Å². The molecule has 8 nitrogen and oxygen atoms in total. The van der Waals surface area contributed by atoms with Crippen LogP contribution in [0.5, 0.6) is 17.2 Å². The first kappa shape index (κ1) is 18.7. The number of nitrogens with zero attached hydrogens (tertiary/aromatic N) is 2. The molecule has 0 saturated carbocycles. The number of amides is 2. The first-order valence-corrected chi connectivity index (χ1v) is 8.06. The fourth-order valence-corrected chi connectivity index (χ4v) is 2.68. The van der Waals surface area contributed by atoms with Crippen molar-refractivity contribution >= 4 is 12.0 Å². The second kappa shape index (κ2) is 8.46. The standard InChI is InChI=1S/C17H24N2O6/c1-5-25-17(21)19-8-6-18(7-9-19)16(20)15-13(23-3)10-12(22-2)11-14(15)24-4/h10-11H,5-9H2,1-4H3. The number of piperazine rings is 1. The smallest absolute Gasteiger partial charge is 0.409 e. The van der Waals surface area contributed by atoms with Crippen LogP contribution in [-0.4, -0.2) is 75.9 Å². The van der Waals surface area contributed by atoms with Crippen LogP contribution >= 0.6 is 0 Å². The second-order valence-electron chi connectivity index (χ2n) is 5.39. The van der Waals surface area contributed by atoms with Crippen molar-refractivity contribution in [2.24, 2.45) is 0 Å². The van der Waals surface area contributed by atoms with E-state index >= 15 is 0 Å². The number of rotatable bonds is 5. The van der Waals surface area contributed by atoms with Crippen LogP contribution in [0.25, 0.3) is 0 Å². The van der Waals surface area contributed by atoms with Crippen LogP contribution in [-0.2, 0) is 4.74 Å². The fourth-order valence-electron chi connectivity index (χ4n) is 2.68. The molecule has 0 radical (unpaired) electrons. The van der Waals surface area contributed by atoms with Crippen LogP contribution < -0.4 is 14.2 Å². The van der Waals surface area contributed by atoms with Gasteiger partial charge in [0.25, 0.3) is 5.91 Å². The van der Waals surface area contributed by atoms with Gasteiger partial charge in [0.2, 0.25) is 0 Å². The van der Waals surface area contributed by atoms with Crippen LogP contribution in [0.3, 0.4) is 0 Å². The summed E-state index contributed by atoms with van der Waals surface area (Å²) in [6, 6.07) is 3.29. The molecular formula is C17H24N2O6. The minimum Gasteiger partial charge on any atom is -0.496 e. The summed E-state index contributed by atoms with van der Waals surface area (Å²) < 4.78 is 20.9. The van der Waals surface area contributed by atoms with Gasteiger partial charge in [-0.15, -0.1) is 0 Å². The molecule has 1 heterocycles. The molecule has 0 aliphatic carbocycles. The van der Waals surface area contributed by atoms with Crippen LogP contribution in [0.4, 0.5) is 4.79 Å². The normalized spacial score (nSPS) is 14.1. The number of carbonyl (C=O) groups excluding carboxylic acids is 2. The minimum atomic E-state index is -0.353. The van der Waals surface area contributed by atoms with Crippen LogP contribution in [0.2, 0.25) is 0 Å². The third kappa shape index (κ3) is 4.07. The van der Waals surface area contributed by atoms with Gasteiger partial charge in [-0.2, -0.15) is 0 Å².